The van der Waals surface area contributed by atoms with Gasteiger partial charge in [-0.25, -0.2) is 0 Å². The van der Waals surface area contributed by atoms with E-state index in [1.807, 2.05) is 18.2 Å². The first-order chi connectivity index (χ1) is 9.95. The summed E-state index contributed by atoms with van der Waals surface area (Å²) < 4.78 is 39.9. The highest BCUT2D eigenvalue weighted by Crippen LogP contribution is 2.37. The van der Waals surface area contributed by atoms with Crippen molar-refractivity contribution in [1.29, 1.82) is 0 Å². The van der Waals surface area contributed by atoms with Crippen molar-refractivity contribution >= 4 is 38.2 Å². The molecule has 3 aromatic rings. The molecule has 6 heteroatoms. The van der Waals surface area contributed by atoms with E-state index < -0.39 is 11.7 Å². The van der Waals surface area contributed by atoms with Crippen molar-refractivity contribution in [1.82, 2.24) is 4.98 Å². The minimum Gasteiger partial charge on any atom is -0.359 e. The highest BCUT2D eigenvalue weighted by molar-refractivity contribution is 9.10. The molecule has 0 unspecified atom stereocenters. The Morgan fingerprint density at radius 1 is 1.00 bits per heavy atom. The van der Waals surface area contributed by atoms with Crippen molar-refractivity contribution in [3.63, 3.8) is 0 Å². The maximum Gasteiger partial charge on any atom is 0.418 e. The Bertz CT molecular complexity index is 793. The highest BCUT2D eigenvalue weighted by atomic mass is 79.9. The van der Waals surface area contributed by atoms with Gasteiger partial charge >= 0.3 is 6.18 Å². The molecular formula is C15H10BrF3N2. The van der Waals surface area contributed by atoms with Crippen molar-refractivity contribution in [2.24, 2.45) is 0 Å². The van der Waals surface area contributed by atoms with Gasteiger partial charge in [-0.2, -0.15) is 13.2 Å². The van der Waals surface area contributed by atoms with Gasteiger partial charge in [0.05, 0.1) is 16.9 Å². The van der Waals surface area contributed by atoms with Crippen LogP contribution in [0.5, 0.6) is 0 Å². The van der Waals surface area contributed by atoms with E-state index >= 15 is 0 Å². The number of aromatic amines is 1. The Balaban J connectivity index is 2.05. The van der Waals surface area contributed by atoms with E-state index in [1.165, 1.54) is 12.1 Å². The summed E-state index contributed by atoms with van der Waals surface area (Å²) in [6.45, 7) is 0. The first-order valence-corrected chi connectivity index (χ1v) is 6.94. The molecule has 0 aliphatic carbocycles. The molecule has 0 aliphatic heterocycles. The van der Waals surface area contributed by atoms with Crippen LogP contribution in [-0.4, -0.2) is 4.98 Å². The van der Waals surface area contributed by atoms with Crippen LogP contribution in [0.15, 0.2) is 53.1 Å². The number of halogens is 4. The lowest BCUT2D eigenvalue weighted by molar-refractivity contribution is -0.136. The fourth-order valence-corrected chi connectivity index (χ4v) is 2.54. The molecule has 1 heterocycles. The monoisotopic (exact) mass is 354 g/mol. The number of H-pyrrole nitrogens is 1. The molecule has 0 bridgehead atoms. The molecule has 0 radical (unpaired) electrons. The van der Waals surface area contributed by atoms with Crippen LogP contribution in [0.25, 0.3) is 10.9 Å². The predicted molar refractivity (Wildman–Crippen MR) is 80.7 cm³/mol. The molecular weight excluding hydrogens is 345 g/mol. The molecule has 0 aliphatic rings. The molecule has 0 saturated carbocycles. The van der Waals surface area contributed by atoms with Crippen LogP contribution in [0.3, 0.4) is 0 Å². The van der Waals surface area contributed by atoms with Crippen molar-refractivity contribution in [3.8, 4) is 0 Å². The molecule has 0 saturated heterocycles. The zero-order chi connectivity index (χ0) is 15.0. The van der Waals surface area contributed by atoms with Crippen LogP contribution in [0.4, 0.5) is 24.5 Å². The minimum atomic E-state index is -4.39. The Morgan fingerprint density at radius 2 is 1.76 bits per heavy atom. The van der Waals surface area contributed by atoms with Gasteiger partial charge < -0.3 is 10.3 Å². The van der Waals surface area contributed by atoms with Gasteiger partial charge in [-0.1, -0.05) is 28.1 Å². The number of rotatable bonds is 2. The largest absolute Gasteiger partial charge is 0.418 e. The second-order valence-electron chi connectivity index (χ2n) is 4.56. The van der Waals surface area contributed by atoms with E-state index in [9.17, 15) is 13.2 Å². The summed E-state index contributed by atoms with van der Waals surface area (Å²) in [6, 6.07) is 11.0. The van der Waals surface area contributed by atoms with Crippen LogP contribution in [0.2, 0.25) is 0 Å². The van der Waals surface area contributed by atoms with Gasteiger partial charge in [-0.3, -0.25) is 0 Å². The Kier molecular flexibility index (Phi) is 3.41. The standard InChI is InChI=1S/C15H10BrF3N2/c16-9-5-6-12-10(7-9)14(8-20-12)21-13-4-2-1-3-11(13)15(17,18)19/h1-8,20-21H. The summed E-state index contributed by atoms with van der Waals surface area (Å²) in [4.78, 5) is 3.03. The van der Waals surface area contributed by atoms with Gasteiger partial charge in [0.2, 0.25) is 0 Å². The van der Waals surface area contributed by atoms with E-state index in [0.717, 1.165) is 21.4 Å². The normalized spacial score (nSPS) is 11.8. The topological polar surface area (TPSA) is 27.8 Å². The number of para-hydroxylation sites is 1. The average molecular weight is 355 g/mol. The predicted octanol–water partition coefficient (Wildman–Crippen LogP) is 5.69. The molecule has 0 spiro atoms. The lowest BCUT2D eigenvalue weighted by Gasteiger charge is -2.13. The van der Waals surface area contributed by atoms with E-state index in [4.69, 9.17) is 0 Å². The highest BCUT2D eigenvalue weighted by Gasteiger charge is 2.33. The van der Waals surface area contributed by atoms with Gasteiger partial charge in [0.25, 0.3) is 0 Å². The van der Waals surface area contributed by atoms with Crippen LogP contribution in [0.1, 0.15) is 5.56 Å². The number of fused-ring (bicyclic) bond motifs is 1. The Labute approximate surface area is 127 Å². The number of hydrogen-bond donors (Lipinski definition) is 2. The van der Waals surface area contributed by atoms with Gasteiger partial charge in [-0.15, -0.1) is 0 Å². The fraction of sp³-hybridized carbons (Fsp3) is 0.0667. The lowest BCUT2D eigenvalue weighted by Crippen LogP contribution is -2.08. The molecule has 108 valence electrons. The number of anilines is 2. The zero-order valence-electron chi connectivity index (χ0n) is 10.6. The van der Waals surface area contributed by atoms with Crippen molar-refractivity contribution in [2.75, 3.05) is 5.32 Å². The summed E-state index contributed by atoms with van der Waals surface area (Å²) in [7, 11) is 0. The van der Waals surface area contributed by atoms with E-state index in [-0.39, 0.29) is 5.69 Å². The van der Waals surface area contributed by atoms with E-state index in [1.54, 1.807) is 12.3 Å². The third-order valence-corrected chi connectivity index (χ3v) is 3.64. The summed E-state index contributed by atoms with van der Waals surface area (Å²) >= 11 is 3.36. The van der Waals surface area contributed by atoms with Gasteiger partial charge in [0, 0.05) is 21.6 Å². The summed E-state index contributed by atoms with van der Waals surface area (Å²) in [5, 5.41) is 3.68. The second-order valence-corrected chi connectivity index (χ2v) is 5.48. The molecule has 21 heavy (non-hydrogen) atoms. The smallest absolute Gasteiger partial charge is 0.359 e. The third-order valence-electron chi connectivity index (χ3n) is 3.15. The van der Waals surface area contributed by atoms with Crippen LogP contribution in [0, 0.1) is 0 Å². The van der Waals surface area contributed by atoms with Crippen molar-refractivity contribution in [3.05, 3.63) is 58.7 Å². The average Bonchev–Trinajstić information content (AvgIpc) is 2.81. The van der Waals surface area contributed by atoms with Gasteiger partial charge in [0.15, 0.2) is 0 Å². The second kappa shape index (κ2) is 5.11. The quantitative estimate of drug-likeness (QED) is 0.607. The van der Waals surface area contributed by atoms with Crippen molar-refractivity contribution in [2.45, 2.75) is 6.18 Å². The van der Waals surface area contributed by atoms with E-state index in [0.29, 0.717) is 5.69 Å². The summed E-state index contributed by atoms with van der Waals surface area (Å²) in [6.07, 6.45) is -2.74. The fourth-order valence-electron chi connectivity index (χ4n) is 2.18. The third kappa shape index (κ3) is 2.76. The Morgan fingerprint density at radius 3 is 2.52 bits per heavy atom. The molecule has 2 N–H and O–H groups in total. The minimum absolute atomic E-state index is 0.0332. The van der Waals surface area contributed by atoms with Crippen molar-refractivity contribution < 1.29 is 13.2 Å². The molecule has 2 nitrogen and oxygen atoms in total. The number of benzene rings is 2. The van der Waals surface area contributed by atoms with E-state index in [2.05, 4.69) is 26.2 Å². The first-order valence-electron chi connectivity index (χ1n) is 6.15. The van der Waals surface area contributed by atoms with Crippen LogP contribution < -0.4 is 5.32 Å². The molecule has 0 atom stereocenters. The SMILES string of the molecule is FC(F)(F)c1ccccc1Nc1c[nH]c2ccc(Br)cc12. The maximum atomic E-state index is 13.0. The maximum absolute atomic E-state index is 13.0. The molecule has 0 amide bonds. The summed E-state index contributed by atoms with van der Waals surface area (Å²) in [5.41, 5.74) is 0.799. The Hall–Kier alpha value is -1.95. The number of alkyl halides is 3. The lowest BCUT2D eigenvalue weighted by atomic mass is 10.1. The van der Waals surface area contributed by atoms with Crippen LogP contribution in [-0.2, 0) is 6.18 Å². The number of aromatic nitrogens is 1. The van der Waals surface area contributed by atoms with Gasteiger partial charge in [-0.05, 0) is 30.3 Å². The molecule has 3 rings (SSSR count). The van der Waals surface area contributed by atoms with Crippen LogP contribution >= 0.6 is 15.9 Å². The molecule has 1 aromatic heterocycles. The first kappa shape index (κ1) is 14.0. The number of nitrogens with one attached hydrogen (secondary N) is 2. The van der Waals surface area contributed by atoms with Gasteiger partial charge in [0.1, 0.15) is 0 Å². The number of hydrogen-bond acceptors (Lipinski definition) is 1. The summed E-state index contributed by atoms with van der Waals surface area (Å²) in [5.74, 6) is 0. The zero-order valence-corrected chi connectivity index (χ0v) is 12.2. The molecule has 0 fully saturated rings. The molecule has 2 aromatic carbocycles.